The Bertz CT molecular complexity index is 744. The molecule has 1 saturated heterocycles. The fraction of sp³-hybridized carbons (Fsp3) is 0.312. The first-order chi connectivity index (χ1) is 11.6. The summed E-state index contributed by atoms with van der Waals surface area (Å²) in [6.07, 6.45) is 1.39. The van der Waals surface area contributed by atoms with Crippen LogP contribution in [0, 0.1) is 5.82 Å². The Morgan fingerprint density at radius 1 is 1.29 bits per heavy atom. The molecule has 1 aromatic carbocycles. The molecule has 24 heavy (non-hydrogen) atoms. The second-order valence-corrected chi connectivity index (χ2v) is 6.22. The maximum atomic E-state index is 13.8. The number of thiazole rings is 1. The van der Waals surface area contributed by atoms with Gasteiger partial charge in [-0.25, -0.2) is 9.37 Å². The van der Waals surface area contributed by atoms with E-state index in [2.05, 4.69) is 10.3 Å². The first-order valence-electron chi connectivity index (χ1n) is 7.49. The molecule has 0 aliphatic carbocycles. The highest BCUT2D eigenvalue weighted by atomic mass is 32.1. The zero-order valence-corrected chi connectivity index (χ0v) is 13.6. The van der Waals surface area contributed by atoms with Crippen LogP contribution in [-0.2, 0) is 9.53 Å². The van der Waals surface area contributed by atoms with E-state index in [1.54, 1.807) is 23.1 Å². The van der Waals surface area contributed by atoms with Crippen LogP contribution in [0.25, 0.3) is 10.6 Å². The Hall–Kier alpha value is -2.32. The number of nitrogens with one attached hydrogen (secondary N) is 1. The number of nitrogens with zero attached hydrogens (tertiary/aromatic N) is 2. The van der Waals surface area contributed by atoms with Gasteiger partial charge < -0.3 is 15.0 Å². The summed E-state index contributed by atoms with van der Waals surface area (Å²) in [4.78, 5) is 30.2. The Labute approximate surface area is 142 Å². The third-order valence-corrected chi connectivity index (χ3v) is 4.63. The van der Waals surface area contributed by atoms with Gasteiger partial charge in [0.2, 0.25) is 5.91 Å². The van der Waals surface area contributed by atoms with E-state index in [0.29, 0.717) is 41.8 Å². The molecule has 1 aromatic heterocycles. The van der Waals surface area contributed by atoms with Crippen molar-refractivity contribution in [3.63, 3.8) is 0 Å². The summed E-state index contributed by atoms with van der Waals surface area (Å²) in [5, 5.41) is 3.01. The Morgan fingerprint density at radius 2 is 2.04 bits per heavy atom. The highest BCUT2D eigenvalue weighted by Crippen LogP contribution is 2.27. The Morgan fingerprint density at radius 3 is 2.79 bits per heavy atom. The lowest BCUT2D eigenvalue weighted by Crippen LogP contribution is -2.45. The first kappa shape index (κ1) is 16.5. The van der Waals surface area contributed by atoms with Crippen LogP contribution >= 0.6 is 11.3 Å². The molecule has 6 nitrogen and oxygen atoms in total. The third kappa shape index (κ3) is 3.77. The van der Waals surface area contributed by atoms with Gasteiger partial charge in [0.15, 0.2) is 0 Å². The van der Waals surface area contributed by atoms with Gasteiger partial charge in [-0.15, -0.1) is 11.3 Å². The van der Waals surface area contributed by atoms with Gasteiger partial charge >= 0.3 is 0 Å². The van der Waals surface area contributed by atoms with Crippen molar-refractivity contribution in [3.05, 3.63) is 41.2 Å². The molecular formula is C16H16FN3O3S. The van der Waals surface area contributed by atoms with Gasteiger partial charge in [0.05, 0.1) is 26.0 Å². The molecule has 0 atom stereocenters. The fourth-order valence-corrected chi connectivity index (χ4v) is 3.17. The lowest BCUT2D eigenvalue weighted by molar-refractivity contribution is -0.134. The van der Waals surface area contributed by atoms with Crippen LogP contribution in [-0.4, -0.2) is 54.5 Å². The monoisotopic (exact) mass is 349 g/mol. The summed E-state index contributed by atoms with van der Waals surface area (Å²) in [7, 11) is 0. The summed E-state index contributed by atoms with van der Waals surface area (Å²) in [5.41, 5.74) is 0.353. The summed E-state index contributed by atoms with van der Waals surface area (Å²) < 4.78 is 18.9. The molecule has 0 unspecified atom stereocenters. The molecule has 0 spiro atoms. The smallest absolute Gasteiger partial charge is 0.263 e. The van der Waals surface area contributed by atoms with E-state index >= 15 is 0 Å². The van der Waals surface area contributed by atoms with Crippen molar-refractivity contribution in [1.29, 1.82) is 0 Å². The van der Waals surface area contributed by atoms with Gasteiger partial charge in [0.1, 0.15) is 15.7 Å². The van der Waals surface area contributed by atoms with Gasteiger partial charge in [-0.3, -0.25) is 9.59 Å². The van der Waals surface area contributed by atoms with Gasteiger partial charge in [-0.05, 0) is 12.1 Å². The van der Waals surface area contributed by atoms with E-state index in [-0.39, 0.29) is 18.3 Å². The van der Waals surface area contributed by atoms with Crippen molar-refractivity contribution in [1.82, 2.24) is 15.2 Å². The number of benzene rings is 1. The number of carbonyl (C=O) groups is 2. The van der Waals surface area contributed by atoms with Crippen molar-refractivity contribution >= 4 is 23.2 Å². The standard InChI is InChI=1S/C16H16FN3O3S/c17-12-4-2-1-3-11(12)16-19-9-13(24-16)15(22)18-10-14(21)20-5-7-23-8-6-20/h1-4,9H,5-8,10H2,(H,18,22). The highest BCUT2D eigenvalue weighted by Gasteiger charge is 2.19. The van der Waals surface area contributed by atoms with E-state index in [9.17, 15) is 14.0 Å². The molecule has 3 rings (SSSR count). The Balaban J connectivity index is 1.60. The number of halogens is 1. The summed E-state index contributed by atoms with van der Waals surface area (Å²) >= 11 is 1.09. The minimum Gasteiger partial charge on any atom is -0.378 e. The van der Waals surface area contributed by atoms with Crippen LogP contribution in [0.2, 0.25) is 0 Å². The number of rotatable bonds is 4. The van der Waals surface area contributed by atoms with Crippen LogP contribution < -0.4 is 5.32 Å². The topological polar surface area (TPSA) is 71.5 Å². The van der Waals surface area contributed by atoms with Crippen molar-refractivity contribution in [2.45, 2.75) is 0 Å². The number of hydrogen-bond acceptors (Lipinski definition) is 5. The third-order valence-electron chi connectivity index (χ3n) is 3.60. The van der Waals surface area contributed by atoms with E-state index in [4.69, 9.17) is 4.74 Å². The molecule has 0 saturated carbocycles. The molecule has 1 aliphatic heterocycles. The van der Waals surface area contributed by atoms with Crippen LogP contribution in [0.5, 0.6) is 0 Å². The molecule has 126 valence electrons. The number of aromatic nitrogens is 1. The van der Waals surface area contributed by atoms with Crippen LogP contribution in [0.4, 0.5) is 4.39 Å². The van der Waals surface area contributed by atoms with Gasteiger partial charge in [-0.2, -0.15) is 0 Å². The maximum Gasteiger partial charge on any atom is 0.263 e. The molecule has 1 aliphatic rings. The summed E-state index contributed by atoms with van der Waals surface area (Å²) in [5.74, 6) is -0.927. The van der Waals surface area contributed by atoms with Crippen molar-refractivity contribution in [2.24, 2.45) is 0 Å². The van der Waals surface area contributed by atoms with Crippen molar-refractivity contribution in [2.75, 3.05) is 32.8 Å². The van der Waals surface area contributed by atoms with Gasteiger partial charge in [-0.1, -0.05) is 12.1 Å². The lowest BCUT2D eigenvalue weighted by atomic mass is 10.2. The summed E-state index contributed by atoms with van der Waals surface area (Å²) in [6, 6.07) is 6.26. The van der Waals surface area contributed by atoms with Crippen LogP contribution in [0.1, 0.15) is 9.67 Å². The molecule has 0 bridgehead atoms. The zero-order valence-electron chi connectivity index (χ0n) is 12.8. The second-order valence-electron chi connectivity index (χ2n) is 5.19. The van der Waals surface area contributed by atoms with E-state index < -0.39 is 5.91 Å². The van der Waals surface area contributed by atoms with Gasteiger partial charge in [0.25, 0.3) is 5.91 Å². The molecule has 0 radical (unpaired) electrons. The minimum atomic E-state index is -0.392. The predicted octanol–water partition coefficient (Wildman–Crippen LogP) is 1.54. The predicted molar refractivity (Wildman–Crippen MR) is 87.2 cm³/mol. The number of carbonyl (C=O) groups excluding carboxylic acids is 2. The number of morpholine rings is 1. The first-order valence-corrected chi connectivity index (χ1v) is 8.31. The van der Waals surface area contributed by atoms with Crippen LogP contribution in [0.3, 0.4) is 0 Å². The van der Waals surface area contributed by atoms with Crippen molar-refractivity contribution < 1.29 is 18.7 Å². The quantitative estimate of drug-likeness (QED) is 0.909. The molecule has 2 aromatic rings. The van der Waals surface area contributed by atoms with E-state index in [1.807, 2.05) is 0 Å². The maximum absolute atomic E-state index is 13.8. The average molecular weight is 349 g/mol. The number of hydrogen-bond donors (Lipinski definition) is 1. The molecule has 1 N–H and O–H groups in total. The summed E-state index contributed by atoms with van der Waals surface area (Å²) in [6.45, 7) is 2.02. The van der Waals surface area contributed by atoms with E-state index in [1.165, 1.54) is 12.3 Å². The lowest BCUT2D eigenvalue weighted by Gasteiger charge is -2.26. The number of ether oxygens (including phenoxy) is 1. The second kappa shape index (κ2) is 7.50. The van der Waals surface area contributed by atoms with Gasteiger partial charge in [0, 0.05) is 18.7 Å². The van der Waals surface area contributed by atoms with Crippen molar-refractivity contribution in [3.8, 4) is 10.6 Å². The normalized spacial score (nSPS) is 14.5. The number of amides is 2. The van der Waals surface area contributed by atoms with Crippen LogP contribution in [0.15, 0.2) is 30.5 Å². The molecule has 2 amide bonds. The average Bonchev–Trinajstić information content (AvgIpc) is 3.10. The largest absolute Gasteiger partial charge is 0.378 e. The zero-order chi connectivity index (χ0) is 16.9. The SMILES string of the molecule is O=C(NCC(=O)N1CCOCC1)c1cnc(-c2ccccc2F)s1. The Kier molecular flexibility index (Phi) is 5.17. The minimum absolute atomic E-state index is 0.0776. The molecule has 1 fully saturated rings. The molecule has 8 heteroatoms. The van der Waals surface area contributed by atoms with E-state index in [0.717, 1.165) is 11.3 Å². The molecular weight excluding hydrogens is 333 g/mol. The fourth-order valence-electron chi connectivity index (χ4n) is 2.31. The highest BCUT2D eigenvalue weighted by molar-refractivity contribution is 7.16. The molecule has 2 heterocycles.